The molecule has 1 aliphatic heterocycles. The molecular formula is C12H16F3N3O2. The zero-order valence-corrected chi connectivity index (χ0v) is 11.0. The van der Waals surface area contributed by atoms with Gasteiger partial charge in [-0.3, -0.25) is 9.48 Å². The maximum atomic E-state index is 12.5. The molecule has 1 atom stereocenters. The molecule has 1 fully saturated rings. The van der Waals surface area contributed by atoms with E-state index in [9.17, 15) is 18.0 Å². The average molecular weight is 291 g/mol. The van der Waals surface area contributed by atoms with Crippen LogP contribution in [0.4, 0.5) is 13.2 Å². The largest absolute Gasteiger partial charge is 0.435 e. The monoisotopic (exact) mass is 291 g/mol. The van der Waals surface area contributed by atoms with Crippen LogP contribution in [0.15, 0.2) is 6.07 Å². The van der Waals surface area contributed by atoms with Crippen LogP contribution in [0.3, 0.4) is 0 Å². The molecule has 112 valence electrons. The Morgan fingerprint density at radius 1 is 1.60 bits per heavy atom. The van der Waals surface area contributed by atoms with Crippen molar-refractivity contribution in [3.63, 3.8) is 0 Å². The number of carbonyl (C=O) groups is 1. The quantitative estimate of drug-likeness (QED) is 0.914. The number of aromatic nitrogens is 2. The van der Waals surface area contributed by atoms with Crippen molar-refractivity contribution in [2.75, 3.05) is 13.2 Å². The molecule has 0 saturated carbocycles. The van der Waals surface area contributed by atoms with Gasteiger partial charge in [-0.15, -0.1) is 0 Å². The van der Waals surface area contributed by atoms with Gasteiger partial charge in [-0.25, -0.2) is 0 Å². The van der Waals surface area contributed by atoms with Crippen LogP contribution >= 0.6 is 0 Å². The predicted octanol–water partition coefficient (Wildman–Crippen LogP) is 1.51. The van der Waals surface area contributed by atoms with Crippen molar-refractivity contribution in [1.82, 2.24) is 15.1 Å². The standard InChI is InChI=1S/C12H16F3N3O2/c1-8-5-10(12(13,14)15)17-18(8)7-11(19)16-6-9-3-2-4-20-9/h5,9H,2-4,6-7H2,1H3,(H,16,19)/t9-/m0/s1. The Balaban J connectivity index is 1.89. The fourth-order valence-corrected chi connectivity index (χ4v) is 2.03. The number of aryl methyl sites for hydroxylation is 1. The van der Waals surface area contributed by atoms with Gasteiger partial charge in [0, 0.05) is 18.8 Å². The molecule has 5 nitrogen and oxygen atoms in total. The van der Waals surface area contributed by atoms with Crippen LogP contribution in [0.5, 0.6) is 0 Å². The van der Waals surface area contributed by atoms with Crippen molar-refractivity contribution in [2.45, 2.75) is 38.6 Å². The van der Waals surface area contributed by atoms with E-state index in [4.69, 9.17) is 4.74 Å². The van der Waals surface area contributed by atoms with Crippen LogP contribution in [0.2, 0.25) is 0 Å². The highest BCUT2D eigenvalue weighted by molar-refractivity contribution is 5.75. The van der Waals surface area contributed by atoms with Crippen molar-refractivity contribution in [3.8, 4) is 0 Å². The minimum absolute atomic E-state index is 0.00315. The molecule has 1 aromatic rings. The van der Waals surface area contributed by atoms with E-state index in [1.165, 1.54) is 6.92 Å². The van der Waals surface area contributed by atoms with Gasteiger partial charge in [0.15, 0.2) is 5.69 Å². The first-order chi connectivity index (χ1) is 9.36. The lowest BCUT2D eigenvalue weighted by Crippen LogP contribution is -2.34. The topological polar surface area (TPSA) is 56.2 Å². The zero-order valence-electron chi connectivity index (χ0n) is 11.0. The molecule has 0 aromatic carbocycles. The summed E-state index contributed by atoms with van der Waals surface area (Å²) >= 11 is 0. The van der Waals surface area contributed by atoms with Gasteiger partial charge in [-0.2, -0.15) is 18.3 Å². The summed E-state index contributed by atoms with van der Waals surface area (Å²) in [5.41, 5.74) is -0.688. The number of hydrogen-bond donors (Lipinski definition) is 1. The molecule has 2 rings (SSSR count). The third kappa shape index (κ3) is 3.72. The third-order valence-corrected chi connectivity index (χ3v) is 3.12. The molecule has 1 N–H and O–H groups in total. The highest BCUT2D eigenvalue weighted by atomic mass is 19.4. The molecule has 0 aliphatic carbocycles. The second-order valence-electron chi connectivity index (χ2n) is 4.77. The summed E-state index contributed by atoms with van der Waals surface area (Å²) in [7, 11) is 0. The summed E-state index contributed by atoms with van der Waals surface area (Å²) < 4.78 is 43.8. The van der Waals surface area contributed by atoms with Gasteiger partial charge in [-0.05, 0) is 25.8 Å². The Labute approximate surface area is 114 Å². The maximum Gasteiger partial charge on any atom is 0.435 e. The van der Waals surface area contributed by atoms with Gasteiger partial charge >= 0.3 is 6.18 Å². The predicted molar refractivity (Wildman–Crippen MR) is 63.9 cm³/mol. The van der Waals surface area contributed by atoms with Gasteiger partial charge in [0.2, 0.25) is 5.91 Å². The van der Waals surface area contributed by atoms with E-state index >= 15 is 0 Å². The summed E-state index contributed by atoms with van der Waals surface area (Å²) in [5, 5.41) is 6.04. The fraction of sp³-hybridized carbons (Fsp3) is 0.667. The van der Waals surface area contributed by atoms with Gasteiger partial charge < -0.3 is 10.1 Å². The molecule has 0 radical (unpaired) electrons. The van der Waals surface area contributed by atoms with E-state index < -0.39 is 11.9 Å². The summed E-state index contributed by atoms with van der Waals surface area (Å²) in [6.45, 7) is 2.32. The number of alkyl halides is 3. The number of halogens is 3. The first-order valence-corrected chi connectivity index (χ1v) is 6.36. The van der Waals surface area contributed by atoms with E-state index in [2.05, 4.69) is 10.4 Å². The highest BCUT2D eigenvalue weighted by Gasteiger charge is 2.34. The average Bonchev–Trinajstić information content (AvgIpc) is 2.96. The molecule has 1 aliphatic rings. The molecule has 8 heteroatoms. The molecule has 20 heavy (non-hydrogen) atoms. The number of ether oxygens (including phenoxy) is 1. The van der Waals surface area contributed by atoms with E-state index in [-0.39, 0.29) is 18.6 Å². The Bertz CT molecular complexity index is 479. The van der Waals surface area contributed by atoms with Gasteiger partial charge in [0.1, 0.15) is 6.54 Å². The SMILES string of the molecule is Cc1cc(C(F)(F)F)nn1CC(=O)NC[C@@H]1CCCO1. The number of nitrogens with zero attached hydrogens (tertiary/aromatic N) is 2. The number of carbonyl (C=O) groups excluding carboxylic acids is 1. The van der Waals surface area contributed by atoms with E-state index in [1.54, 1.807) is 0 Å². The molecule has 0 bridgehead atoms. The molecule has 1 aromatic heterocycles. The van der Waals surface area contributed by atoms with Crippen LogP contribution < -0.4 is 5.32 Å². The highest BCUT2D eigenvalue weighted by Crippen LogP contribution is 2.28. The smallest absolute Gasteiger partial charge is 0.376 e. The number of amides is 1. The van der Waals surface area contributed by atoms with Crippen molar-refractivity contribution < 1.29 is 22.7 Å². The van der Waals surface area contributed by atoms with E-state index in [1.807, 2.05) is 0 Å². The van der Waals surface area contributed by atoms with Crippen LogP contribution in [0, 0.1) is 6.92 Å². The van der Waals surface area contributed by atoms with E-state index in [0.717, 1.165) is 23.6 Å². The summed E-state index contributed by atoms with van der Waals surface area (Å²) in [6.07, 6.45) is -2.64. The normalized spacial score (nSPS) is 19.3. The van der Waals surface area contributed by atoms with E-state index in [0.29, 0.717) is 18.8 Å². The van der Waals surface area contributed by atoms with Crippen LogP contribution in [0.1, 0.15) is 24.2 Å². The summed E-state index contributed by atoms with van der Waals surface area (Å²) in [4.78, 5) is 11.7. The molecule has 1 amide bonds. The maximum absolute atomic E-state index is 12.5. The van der Waals surface area contributed by atoms with Crippen LogP contribution in [-0.4, -0.2) is 34.9 Å². The van der Waals surface area contributed by atoms with Crippen LogP contribution in [-0.2, 0) is 22.3 Å². The minimum Gasteiger partial charge on any atom is -0.376 e. The minimum atomic E-state index is -4.50. The van der Waals surface area contributed by atoms with Crippen molar-refractivity contribution in [3.05, 3.63) is 17.5 Å². The fourth-order valence-electron chi connectivity index (χ4n) is 2.03. The number of hydrogen-bond acceptors (Lipinski definition) is 3. The Morgan fingerprint density at radius 2 is 2.35 bits per heavy atom. The second-order valence-corrected chi connectivity index (χ2v) is 4.77. The van der Waals surface area contributed by atoms with Gasteiger partial charge in [-0.1, -0.05) is 0 Å². The molecular weight excluding hydrogens is 275 g/mol. The summed E-state index contributed by atoms with van der Waals surface area (Å²) in [6, 6.07) is 0.924. The zero-order chi connectivity index (χ0) is 14.8. The first-order valence-electron chi connectivity index (χ1n) is 6.36. The molecule has 2 heterocycles. The lowest BCUT2D eigenvalue weighted by molar-refractivity contribution is -0.141. The lowest BCUT2D eigenvalue weighted by Gasteiger charge is -2.11. The van der Waals surface area contributed by atoms with Crippen LogP contribution in [0.25, 0.3) is 0 Å². The number of nitrogens with one attached hydrogen (secondary N) is 1. The first kappa shape index (κ1) is 14.8. The number of rotatable bonds is 4. The lowest BCUT2D eigenvalue weighted by atomic mass is 10.2. The Kier molecular flexibility index (Phi) is 4.32. The molecule has 0 spiro atoms. The third-order valence-electron chi connectivity index (χ3n) is 3.12. The van der Waals surface area contributed by atoms with Gasteiger partial charge in [0.05, 0.1) is 6.10 Å². The van der Waals surface area contributed by atoms with Crippen molar-refractivity contribution in [1.29, 1.82) is 0 Å². The van der Waals surface area contributed by atoms with Crippen molar-refractivity contribution in [2.24, 2.45) is 0 Å². The van der Waals surface area contributed by atoms with Crippen molar-refractivity contribution >= 4 is 5.91 Å². The second kappa shape index (κ2) is 5.82. The Morgan fingerprint density at radius 3 is 2.90 bits per heavy atom. The Hall–Kier alpha value is -1.57. The summed E-state index contributed by atoms with van der Waals surface area (Å²) in [5.74, 6) is -0.375. The molecule has 0 unspecified atom stereocenters. The molecule has 1 saturated heterocycles. The van der Waals surface area contributed by atoms with Gasteiger partial charge in [0.25, 0.3) is 0 Å².